The summed E-state index contributed by atoms with van der Waals surface area (Å²) in [5, 5.41) is 0. The molecular formula is C8H17NO6S. The van der Waals surface area contributed by atoms with E-state index in [-0.39, 0.29) is 18.7 Å². The summed E-state index contributed by atoms with van der Waals surface area (Å²) in [6, 6.07) is 0. The molecule has 0 heterocycles. The van der Waals surface area contributed by atoms with Crippen molar-refractivity contribution in [3.8, 4) is 0 Å². The van der Waals surface area contributed by atoms with Crippen LogP contribution in [0, 0.1) is 0 Å². The summed E-state index contributed by atoms with van der Waals surface area (Å²) in [5.41, 5.74) is 0. The van der Waals surface area contributed by atoms with Gasteiger partial charge in [0.15, 0.2) is 6.29 Å². The number of sulfonamides is 1. The van der Waals surface area contributed by atoms with Crippen LogP contribution in [0.2, 0.25) is 0 Å². The average molecular weight is 255 g/mol. The molecule has 0 aliphatic rings. The Balaban J connectivity index is 4.00. The van der Waals surface area contributed by atoms with Crippen molar-refractivity contribution in [2.75, 3.05) is 33.6 Å². The predicted molar refractivity (Wildman–Crippen MR) is 56.2 cm³/mol. The number of hydrogen-bond donors (Lipinski definition) is 1. The summed E-state index contributed by atoms with van der Waals surface area (Å²) in [6.07, 6.45) is -0.830. The molecule has 8 heteroatoms. The van der Waals surface area contributed by atoms with Crippen LogP contribution in [0.25, 0.3) is 0 Å². The van der Waals surface area contributed by atoms with Crippen molar-refractivity contribution in [3.63, 3.8) is 0 Å². The third-order valence-corrected chi connectivity index (χ3v) is 3.15. The summed E-state index contributed by atoms with van der Waals surface area (Å²) < 4.78 is 38.9. The molecule has 0 aliphatic carbocycles. The van der Waals surface area contributed by atoms with E-state index in [1.54, 1.807) is 0 Å². The van der Waals surface area contributed by atoms with E-state index in [9.17, 15) is 13.2 Å². The zero-order chi connectivity index (χ0) is 12.6. The van der Waals surface area contributed by atoms with Gasteiger partial charge in [-0.25, -0.2) is 13.1 Å². The molecule has 0 spiro atoms. The molecule has 0 rings (SSSR count). The fourth-order valence-electron chi connectivity index (χ4n) is 0.850. The van der Waals surface area contributed by atoms with Gasteiger partial charge in [0.25, 0.3) is 0 Å². The quantitative estimate of drug-likeness (QED) is 0.446. The Kier molecular flexibility index (Phi) is 7.22. The van der Waals surface area contributed by atoms with Gasteiger partial charge in [-0.15, -0.1) is 0 Å². The summed E-state index contributed by atoms with van der Waals surface area (Å²) in [5.74, 6) is -0.889. The van der Waals surface area contributed by atoms with Crippen molar-refractivity contribution in [3.05, 3.63) is 0 Å². The Bertz CT molecular complexity index is 298. The van der Waals surface area contributed by atoms with Crippen LogP contribution in [-0.2, 0) is 29.0 Å². The molecule has 0 saturated carbocycles. The van der Waals surface area contributed by atoms with E-state index < -0.39 is 22.3 Å². The first-order chi connectivity index (χ1) is 7.45. The molecule has 0 radical (unpaired) electrons. The molecular weight excluding hydrogens is 238 g/mol. The number of methoxy groups -OCH3 is 3. The first kappa shape index (κ1) is 15.3. The second kappa shape index (κ2) is 7.55. The number of nitrogens with one attached hydrogen (secondary N) is 1. The van der Waals surface area contributed by atoms with E-state index >= 15 is 0 Å². The fourth-order valence-corrected chi connectivity index (χ4v) is 1.82. The molecule has 0 fully saturated rings. The smallest absolute Gasteiger partial charge is 0.306 e. The summed E-state index contributed by atoms with van der Waals surface area (Å²) in [4.78, 5) is 10.7. The van der Waals surface area contributed by atoms with Crippen LogP contribution in [-0.4, -0.2) is 54.3 Å². The van der Waals surface area contributed by atoms with Gasteiger partial charge in [-0.1, -0.05) is 0 Å². The van der Waals surface area contributed by atoms with Gasteiger partial charge in [-0.3, -0.25) is 4.79 Å². The Morgan fingerprint density at radius 1 is 1.25 bits per heavy atom. The molecule has 0 amide bonds. The van der Waals surface area contributed by atoms with Gasteiger partial charge in [-0.2, -0.15) is 0 Å². The van der Waals surface area contributed by atoms with Crippen molar-refractivity contribution in [1.82, 2.24) is 4.72 Å². The van der Waals surface area contributed by atoms with Crippen LogP contribution in [0.15, 0.2) is 0 Å². The van der Waals surface area contributed by atoms with Crippen LogP contribution in [0.3, 0.4) is 0 Å². The van der Waals surface area contributed by atoms with Gasteiger partial charge < -0.3 is 14.2 Å². The third kappa shape index (κ3) is 6.72. The van der Waals surface area contributed by atoms with Crippen molar-refractivity contribution in [2.45, 2.75) is 12.7 Å². The minimum atomic E-state index is -3.51. The molecule has 16 heavy (non-hydrogen) atoms. The van der Waals surface area contributed by atoms with Gasteiger partial charge >= 0.3 is 5.97 Å². The first-order valence-corrected chi connectivity index (χ1v) is 6.20. The minimum Gasteiger partial charge on any atom is -0.469 e. The van der Waals surface area contributed by atoms with Gasteiger partial charge in [-0.05, 0) is 0 Å². The lowest BCUT2D eigenvalue weighted by Crippen LogP contribution is -2.36. The number of ether oxygens (including phenoxy) is 3. The highest BCUT2D eigenvalue weighted by molar-refractivity contribution is 7.89. The molecule has 0 aromatic heterocycles. The average Bonchev–Trinajstić information content (AvgIpc) is 2.27. The van der Waals surface area contributed by atoms with Crippen LogP contribution < -0.4 is 4.72 Å². The maximum atomic E-state index is 11.4. The molecule has 7 nitrogen and oxygen atoms in total. The molecule has 0 aromatic carbocycles. The molecule has 96 valence electrons. The van der Waals surface area contributed by atoms with E-state index in [2.05, 4.69) is 9.46 Å². The topological polar surface area (TPSA) is 90.9 Å². The number of hydrogen-bond acceptors (Lipinski definition) is 6. The molecule has 0 atom stereocenters. The molecule has 0 aromatic rings. The van der Waals surface area contributed by atoms with Crippen molar-refractivity contribution in [1.29, 1.82) is 0 Å². The number of carbonyl (C=O) groups is 1. The Morgan fingerprint density at radius 2 is 1.81 bits per heavy atom. The Hall–Kier alpha value is -0.700. The van der Waals surface area contributed by atoms with Crippen LogP contribution in [0.1, 0.15) is 6.42 Å². The SMILES string of the molecule is COC(=O)CCS(=O)(=O)NCC(OC)OC. The van der Waals surface area contributed by atoms with Crippen LogP contribution >= 0.6 is 0 Å². The first-order valence-electron chi connectivity index (χ1n) is 4.55. The number of rotatable bonds is 8. The highest BCUT2D eigenvalue weighted by atomic mass is 32.2. The third-order valence-electron chi connectivity index (χ3n) is 1.80. The second-order valence-electron chi connectivity index (χ2n) is 2.89. The van der Waals surface area contributed by atoms with Gasteiger partial charge in [0.2, 0.25) is 10.0 Å². The monoisotopic (exact) mass is 255 g/mol. The zero-order valence-electron chi connectivity index (χ0n) is 9.56. The van der Waals surface area contributed by atoms with Crippen LogP contribution in [0.5, 0.6) is 0 Å². The second-order valence-corrected chi connectivity index (χ2v) is 4.82. The molecule has 0 unspecified atom stereocenters. The molecule has 1 N–H and O–H groups in total. The summed E-state index contributed by atoms with van der Waals surface area (Å²) >= 11 is 0. The lowest BCUT2D eigenvalue weighted by Gasteiger charge is -2.13. The minimum absolute atomic E-state index is 0.00347. The lowest BCUT2D eigenvalue weighted by atomic mass is 10.5. The van der Waals surface area contributed by atoms with Crippen LogP contribution in [0.4, 0.5) is 0 Å². The predicted octanol–water partition coefficient (Wildman–Crippen LogP) is -0.912. The molecule has 0 bridgehead atoms. The maximum Gasteiger partial charge on any atom is 0.306 e. The molecule has 0 aliphatic heterocycles. The van der Waals surface area contributed by atoms with Gasteiger partial charge in [0, 0.05) is 14.2 Å². The fraction of sp³-hybridized carbons (Fsp3) is 0.875. The van der Waals surface area contributed by atoms with E-state index in [1.165, 1.54) is 21.3 Å². The normalized spacial score (nSPS) is 11.8. The number of carbonyl (C=O) groups excluding carboxylic acids is 1. The summed E-state index contributed by atoms with van der Waals surface area (Å²) in [7, 11) is 0.489. The number of esters is 1. The summed E-state index contributed by atoms with van der Waals surface area (Å²) in [6.45, 7) is -0.00347. The van der Waals surface area contributed by atoms with Gasteiger partial charge in [0.05, 0.1) is 25.8 Å². The molecule has 0 saturated heterocycles. The Morgan fingerprint density at radius 3 is 2.25 bits per heavy atom. The highest BCUT2D eigenvalue weighted by Gasteiger charge is 2.15. The van der Waals surface area contributed by atoms with Crippen molar-refractivity contribution < 1.29 is 27.4 Å². The Labute approximate surface area is 95.1 Å². The standard InChI is InChI=1S/C8H17NO6S/c1-13-7(10)4-5-16(11,12)9-6-8(14-2)15-3/h8-9H,4-6H2,1-3H3. The highest BCUT2D eigenvalue weighted by Crippen LogP contribution is 1.94. The van der Waals surface area contributed by atoms with E-state index in [4.69, 9.17) is 9.47 Å². The maximum absolute atomic E-state index is 11.4. The largest absolute Gasteiger partial charge is 0.469 e. The van der Waals surface area contributed by atoms with Gasteiger partial charge in [0.1, 0.15) is 0 Å². The van der Waals surface area contributed by atoms with E-state index in [0.717, 1.165) is 0 Å². The zero-order valence-corrected chi connectivity index (χ0v) is 10.4. The van der Waals surface area contributed by atoms with Crippen molar-refractivity contribution in [2.24, 2.45) is 0 Å². The van der Waals surface area contributed by atoms with E-state index in [1.807, 2.05) is 0 Å². The van der Waals surface area contributed by atoms with E-state index in [0.29, 0.717) is 0 Å². The van der Waals surface area contributed by atoms with Crippen molar-refractivity contribution >= 4 is 16.0 Å². The lowest BCUT2D eigenvalue weighted by molar-refractivity contribution is -0.140.